The van der Waals surface area contributed by atoms with Crippen molar-refractivity contribution in [1.29, 1.82) is 0 Å². The van der Waals surface area contributed by atoms with Crippen molar-refractivity contribution in [2.75, 3.05) is 0 Å². The summed E-state index contributed by atoms with van der Waals surface area (Å²) < 4.78 is 0. The first kappa shape index (κ1) is 28.7. The summed E-state index contributed by atoms with van der Waals surface area (Å²) in [6.07, 6.45) is 0. The molecular formula is C36H28FeP2. The summed E-state index contributed by atoms with van der Waals surface area (Å²) in [5, 5.41) is 8.20. The molecule has 0 spiro atoms. The maximum atomic E-state index is 3.20. The van der Waals surface area contributed by atoms with Crippen LogP contribution in [-0.2, 0) is 17.1 Å². The second-order valence-corrected chi connectivity index (χ2v) is 13.0. The first-order valence-corrected chi connectivity index (χ1v) is 15.3. The molecule has 0 nitrogen and oxygen atoms in total. The first-order valence-electron chi connectivity index (χ1n) is 12.6. The molecule has 6 rings (SSSR count). The van der Waals surface area contributed by atoms with Crippen molar-refractivity contribution >= 4 is 47.7 Å². The molecule has 6 aromatic rings. The van der Waals surface area contributed by atoms with E-state index in [-0.39, 0.29) is 17.1 Å². The predicted molar refractivity (Wildman–Crippen MR) is 168 cm³/mol. The summed E-state index contributed by atoms with van der Waals surface area (Å²) in [4.78, 5) is 0. The molecule has 0 N–H and O–H groups in total. The summed E-state index contributed by atoms with van der Waals surface area (Å²) in [5.74, 6) is 0. The Morgan fingerprint density at radius 3 is 0.795 bits per heavy atom. The maximum absolute atomic E-state index is 3.20. The molecule has 0 aliphatic carbocycles. The Balaban J connectivity index is 0.000000176. The molecule has 0 aliphatic heterocycles. The fourth-order valence-electron chi connectivity index (χ4n) is 4.25. The fourth-order valence-corrected chi connectivity index (χ4v) is 8.80. The van der Waals surface area contributed by atoms with Gasteiger partial charge in [0.25, 0.3) is 0 Å². The number of rotatable bonds is 6. The van der Waals surface area contributed by atoms with Crippen molar-refractivity contribution in [2.45, 2.75) is 0 Å². The average molecular weight is 578 g/mol. The van der Waals surface area contributed by atoms with Crippen molar-refractivity contribution in [1.82, 2.24) is 0 Å². The molecule has 0 aliphatic rings. The molecule has 0 fully saturated rings. The van der Waals surface area contributed by atoms with Gasteiger partial charge in [0, 0.05) is 0 Å². The Bertz CT molecular complexity index is 1170. The Morgan fingerprint density at radius 1 is 0.308 bits per heavy atom. The Hall–Kier alpha value is -3.30. The van der Waals surface area contributed by atoms with E-state index in [1.165, 1.54) is 31.8 Å². The van der Waals surface area contributed by atoms with E-state index in [4.69, 9.17) is 0 Å². The van der Waals surface area contributed by atoms with Gasteiger partial charge in [-0.25, -0.2) is 0 Å². The average Bonchev–Trinajstić information content (AvgIpc) is 3.01. The molecular weight excluding hydrogens is 550 g/mol. The van der Waals surface area contributed by atoms with Gasteiger partial charge in [-0.05, 0) is 21.2 Å². The van der Waals surface area contributed by atoms with Crippen LogP contribution in [0, 0.1) is 12.1 Å². The fraction of sp³-hybridized carbons (Fsp3) is 0. The summed E-state index contributed by atoms with van der Waals surface area (Å²) in [5.41, 5.74) is 0. The molecule has 0 heterocycles. The van der Waals surface area contributed by atoms with Crippen LogP contribution in [0.5, 0.6) is 0 Å². The van der Waals surface area contributed by atoms with Crippen LogP contribution in [0.15, 0.2) is 170 Å². The van der Waals surface area contributed by atoms with Crippen molar-refractivity contribution in [2.24, 2.45) is 0 Å². The zero-order chi connectivity index (χ0) is 25.8. The van der Waals surface area contributed by atoms with E-state index in [0.29, 0.717) is 0 Å². The molecule has 0 saturated heterocycles. The van der Waals surface area contributed by atoms with E-state index >= 15 is 0 Å². The SMILES string of the molecule is [Fe+2].[c-]1cccc(P(c2ccccc2)c2ccccc2)c1.[c-]1cccc(P(c2ccccc2)c2ccccc2)c1. The zero-order valence-electron chi connectivity index (χ0n) is 21.4. The van der Waals surface area contributed by atoms with Gasteiger partial charge < -0.3 is 0 Å². The van der Waals surface area contributed by atoms with Crippen molar-refractivity contribution in [3.8, 4) is 0 Å². The molecule has 3 heteroatoms. The Labute approximate surface area is 245 Å². The minimum Gasteiger partial charge on any atom is -0.183 e. The molecule has 0 radical (unpaired) electrons. The van der Waals surface area contributed by atoms with Crippen LogP contribution in [0.4, 0.5) is 0 Å². The van der Waals surface area contributed by atoms with Gasteiger partial charge in [-0.1, -0.05) is 137 Å². The molecule has 0 bridgehead atoms. The van der Waals surface area contributed by atoms with E-state index in [0.717, 1.165) is 0 Å². The summed E-state index contributed by atoms with van der Waals surface area (Å²) in [6.45, 7) is 0. The van der Waals surface area contributed by atoms with Gasteiger partial charge in [-0.15, -0.1) is 10.6 Å². The molecule has 0 unspecified atom stereocenters. The van der Waals surface area contributed by atoms with Crippen molar-refractivity contribution in [3.05, 3.63) is 182 Å². The minimum atomic E-state index is -0.477. The summed E-state index contributed by atoms with van der Waals surface area (Å²) in [6, 6.07) is 65.9. The van der Waals surface area contributed by atoms with Crippen LogP contribution in [0.1, 0.15) is 0 Å². The molecule has 39 heavy (non-hydrogen) atoms. The van der Waals surface area contributed by atoms with Crippen LogP contribution >= 0.6 is 15.8 Å². The van der Waals surface area contributed by atoms with Crippen LogP contribution in [0.3, 0.4) is 0 Å². The standard InChI is InChI=1S/2C18H14P.Fe/c2*1-4-10-16(11-5-1)19(17-12-6-2-7-13-17)18-14-8-3-9-15-18;/h2*1-8,10-15H;/q2*-1;+2. The quantitative estimate of drug-likeness (QED) is 0.121. The van der Waals surface area contributed by atoms with E-state index in [1.54, 1.807) is 0 Å². The van der Waals surface area contributed by atoms with Gasteiger partial charge in [-0.2, -0.15) is 60.7 Å². The topological polar surface area (TPSA) is 0 Å². The molecule has 190 valence electrons. The molecule has 0 amide bonds. The largest absolute Gasteiger partial charge is 2.00 e. The predicted octanol–water partition coefficient (Wildman–Crippen LogP) is 6.49. The second-order valence-electron chi connectivity index (χ2n) is 8.54. The van der Waals surface area contributed by atoms with Gasteiger partial charge in [0.15, 0.2) is 0 Å². The van der Waals surface area contributed by atoms with Gasteiger partial charge in [0.05, 0.1) is 0 Å². The van der Waals surface area contributed by atoms with Gasteiger partial charge in [0.1, 0.15) is 0 Å². The number of hydrogen-bond acceptors (Lipinski definition) is 0. The van der Waals surface area contributed by atoms with Crippen molar-refractivity contribution < 1.29 is 17.1 Å². The van der Waals surface area contributed by atoms with Gasteiger partial charge >= 0.3 is 17.1 Å². The van der Waals surface area contributed by atoms with Crippen LogP contribution < -0.4 is 31.8 Å². The Morgan fingerprint density at radius 2 is 0.564 bits per heavy atom. The molecule has 0 atom stereocenters. The monoisotopic (exact) mass is 578 g/mol. The van der Waals surface area contributed by atoms with Crippen LogP contribution in [0.25, 0.3) is 0 Å². The van der Waals surface area contributed by atoms with E-state index in [9.17, 15) is 0 Å². The summed E-state index contributed by atoms with van der Waals surface area (Å²) in [7, 11) is -0.954. The number of hydrogen-bond donors (Lipinski definition) is 0. The van der Waals surface area contributed by atoms with Gasteiger partial charge in [-0.3, -0.25) is 0 Å². The molecule has 6 aromatic carbocycles. The third-order valence-electron chi connectivity index (χ3n) is 5.96. The first-order chi connectivity index (χ1) is 18.9. The van der Waals surface area contributed by atoms with E-state index in [1.807, 2.05) is 12.1 Å². The van der Waals surface area contributed by atoms with Crippen molar-refractivity contribution in [3.63, 3.8) is 0 Å². The van der Waals surface area contributed by atoms with E-state index in [2.05, 4.69) is 170 Å². The molecule has 0 aromatic heterocycles. The molecule has 0 saturated carbocycles. The van der Waals surface area contributed by atoms with Crippen LogP contribution in [0.2, 0.25) is 0 Å². The summed E-state index contributed by atoms with van der Waals surface area (Å²) >= 11 is 0. The second kappa shape index (κ2) is 15.3. The van der Waals surface area contributed by atoms with E-state index < -0.39 is 15.8 Å². The number of benzene rings is 6. The smallest absolute Gasteiger partial charge is 0.183 e. The third-order valence-corrected chi connectivity index (χ3v) is 10.8. The van der Waals surface area contributed by atoms with Crippen LogP contribution in [-0.4, -0.2) is 0 Å². The Kier molecular flexibility index (Phi) is 11.3. The normalized spacial score (nSPS) is 10.3. The van der Waals surface area contributed by atoms with Gasteiger partial charge in [0.2, 0.25) is 0 Å². The zero-order valence-corrected chi connectivity index (χ0v) is 24.3. The minimum absolute atomic E-state index is 0. The third kappa shape index (κ3) is 7.86. The maximum Gasteiger partial charge on any atom is 2.00 e.